The summed E-state index contributed by atoms with van der Waals surface area (Å²) in [6.45, 7) is 0.517. The fraction of sp³-hybridized carbons (Fsp3) is 0.0588. The lowest BCUT2D eigenvalue weighted by Crippen LogP contribution is -1.98. The van der Waals surface area contributed by atoms with Crippen LogP contribution in [-0.4, -0.2) is 0 Å². The molecule has 3 rings (SSSR count). The highest BCUT2D eigenvalue weighted by atomic mass is 79.9. The second-order valence-electron chi connectivity index (χ2n) is 4.59. The molecule has 3 aromatic rings. The minimum Gasteiger partial charge on any atom is -0.488 e. The van der Waals surface area contributed by atoms with E-state index in [0.717, 1.165) is 15.8 Å². The average Bonchev–Trinajstić information content (AvgIpc) is 2.49. The highest BCUT2D eigenvalue weighted by Gasteiger charge is 2.06. The maximum Gasteiger partial charge on any atom is 0.136 e. The molecule has 0 aliphatic rings. The summed E-state index contributed by atoms with van der Waals surface area (Å²) in [6, 6.07) is 20.2. The van der Waals surface area contributed by atoms with Crippen molar-refractivity contribution in [1.82, 2.24) is 0 Å². The van der Waals surface area contributed by atoms with E-state index < -0.39 is 0 Å². The summed E-state index contributed by atoms with van der Waals surface area (Å²) in [5.41, 5.74) is 7.70. The largest absolute Gasteiger partial charge is 0.488 e. The van der Waals surface area contributed by atoms with E-state index >= 15 is 0 Å². The fourth-order valence-corrected chi connectivity index (χ4v) is 2.59. The summed E-state index contributed by atoms with van der Waals surface area (Å²) in [5.74, 6) is 0.762. The van der Waals surface area contributed by atoms with Crippen LogP contribution in [0.2, 0.25) is 0 Å². The van der Waals surface area contributed by atoms with Crippen molar-refractivity contribution < 1.29 is 4.74 Å². The standard InChI is InChI=1S/C17H14BrNO/c18-17-15(19)9-4-10-16(17)20-11-13-7-3-6-12-5-1-2-8-14(12)13/h1-10H,11,19H2. The molecule has 0 aromatic heterocycles. The first-order chi connectivity index (χ1) is 9.75. The third-order valence-electron chi connectivity index (χ3n) is 3.26. The van der Waals surface area contributed by atoms with Crippen molar-refractivity contribution in [2.45, 2.75) is 6.61 Å². The van der Waals surface area contributed by atoms with E-state index in [4.69, 9.17) is 10.5 Å². The lowest BCUT2D eigenvalue weighted by molar-refractivity contribution is 0.306. The number of nitrogens with two attached hydrogens (primary N) is 1. The SMILES string of the molecule is Nc1cccc(OCc2cccc3ccccc23)c1Br. The third-order valence-corrected chi connectivity index (χ3v) is 4.10. The predicted molar refractivity (Wildman–Crippen MR) is 86.8 cm³/mol. The minimum atomic E-state index is 0.517. The molecule has 3 aromatic carbocycles. The summed E-state index contributed by atoms with van der Waals surface area (Å²) in [5, 5.41) is 2.44. The van der Waals surface area contributed by atoms with Crippen LogP contribution in [0.25, 0.3) is 10.8 Å². The van der Waals surface area contributed by atoms with Gasteiger partial charge in [0.1, 0.15) is 12.4 Å². The molecule has 0 saturated carbocycles. The number of ether oxygens (including phenoxy) is 1. The molecular formula is C17H14BrNO. The van der Waals surface area contributed by atoms with Crippen LogP contribution in [0.5, 0.6) is 5.75 Å². The first kappa shape index (κ1) is 13.0. The van der Waals surface area contributed by atoms with E-state index in [9.17, 15) is 0 Å². The summed E-state index contributed by atoms with van der Waals surface area (Å²) < 4.78 is 6.69. The average molecular weight is 328 g/mol. The maximum atomic E-state index is 5.88. The minimum absolute atomic E-state index is 0.517. The summed E-state index contributed by atoms with van der Waals surface area (Å²) in [4.78, 5) is 0. The normalized spacial score (nSPS) is 10.7. The van der Waals surface area contributed by atoms with Crippen molar-refractivity contribution in [1.29, 1.82) is 0 Å². The van der Waals surface area contributed by atoms with Gasteiger partial charge in [0.2, 0.25) is 0 Å². The zero-order valence-corrected chi connectivity index (χ0v) is 12.4. The van der Waals surface area contributed by atoms with Crippen molar-refractivity contribution in [3.05, 3.63) is 70.7 Å². The zero-order valence-electron chi connectivity index (χ0n) is 10.8. The summed E-state index contributed by atoms with van der Waals surface area (Å²) in [6.07, 6.45) is 0. The highest BCUT2D eigenvalue weighted by molar-refractivity contribution is 9.10. The van der Waals surface area contributed by atoms with Crippen molar-refractivity contribution in [3.8, 4) is 5.75 Å². The zero-order chi connectivity index (χ0) is 13.9. The van der Waals surface area contributed by atoms with Gasteiger partial charge in [-0.2, -0.15) is 0 Å². The molecule has 0 saturated heterocycles. The van der Waals surface area contributed by atoms with E-state index in [2.05, 4.69) is 46.3 Å². The van der Waals surface area contributed by atoms with Crippen LogP contribution in [0.4, 0.5) is 5.69 Å². The van der Waals surface area contributed by atoms with Gasteiger partial charge in [0, 0.05) is 5.69 Å². The van der Waals surface area contributed by atoms with Crippen LogP contribution in [0.15, 0.2) is 65.1 Å². The van der Waals surface area contributed by atoms with Gasteiger partial charge >= 0.3 is 0 Å². The number of hydrogen-bond acceptors (Lipinski definition) is 2. The van der Waals surface area contributed by atoms with Gasteiger partial charge in [0.15, 0.2) is 0 Å². The fourth-order valence-electron chi connectivity index (χ4n) is 2.21. The molecule has 3 heteroatoms. The second-order valence-corrected chi connectivity index (χ2v) is 5.38. The third kappa shape index (κ3) is 2.49. The Morgan fingerprint density at radius 3 is 2.55 bits per heavy atom. The number of nitrogen functional groups attached to an aromatic ring is 1. The molecule has 20 heavy (non-hydrogen) atoms. The molecule has 0 atom stereocenters. The Morgan fingerprint density at radius 2 is 1.65 bits per heavy atom. The predicted octanol–water partition coefficient (Wildman–Crippen LogP) is 4.76. The van der Waals surface area contributed by atoms with Gasteiger partial charge in [-0.15, -0.1) is 0 Å². The molecule has 2 N–H and O–H groups in total. The molecule has 0 amide bonds. The van der Waals surface area contributed by atoms with Crippen LogP contribution in [0.3, 0.4) is 0 Å². The van der Waals surface area contributed by atoms with Crippen LogP contribution >= 0.6 is 15.9 Å². The van der Waals surface area contributed by atoms with Crippen LogP contribution in [0, 0.1) is 0 Å². The van der Waals surface area contributed by atoms with Crippen molar-refractivity contribution in [3.63, 3.8) is 0 Å². The molecule has 0 spiro atoms. The molecule has 0 fully saturated rings. The molecule has 0 radical (unpaired) electrons. The monoisotopic (exact) mass is 327 g/mol. The summed E-state index contributed by atoms with van der Waals surface area (Å²) >= 11 is 3.45. The molecule has 0 aliphatic heterocycles. The molecule has 2 nitrogen and oxygen atoms in total. The maximum absolute atomic E-state index is 5.88. The van der Waals surface area contributed by atoms with E-state index in [1.807, 2.05) is 30.3 Å². The highest BCUT2D eigenvalue weighted by Crippen LogP contribution is 2.31. The first-order valence-corrected chi connectivity index (χ1v) is 7.18. The van der Waals surface area contributed by atoms with Gasteiger partial charge in [-0.25, -0.2) is 0 Å². The first-order valence-electron chi connectivity index (χ1n) is 6.39. The van der Waals surface area contributed by atoms with E-state index in [1.54, 1.807) is 0 Å². The Bertz CT molecular complexity index is 750. The number of rotatable bonds is 3. The molecule has 100 valence electrons. The summed E-state index contributed by atoms with van der Waals surface area (Å²) in [7, 11) is 0. The lowest BCUT2D eigenvalue weighted by Gasteiger charge is -2.11. The number of hydrogen-bond donors (Lipinski definition) is 1. The Hall–Kier alpha value is -2.00. The quantitative estimate of drug-likeness (QED) is 0.703. The van der Waals surface area contributed by atoms with E-state index in [1.165, 1.54) is 10.8 Å². The number of fused-ring (bicyclic) bond motifs is 1. The van der Waals surface area contributed by atoms with E-state index in [-0.39, 0.29) is 0 Å². The van der Waals surface area contributed by atoms with Crippen LogP contribution in [-0.2, 0) is 6.61 Å². The number of halogens is 1. The van der Waals surface area contributed by atoms with E-state index in [0.29, 0.717) is 12.3 Å². The number of benzene rings is 3. The van der Waals surface area contributed by atoms with Crippen LogP contribution < -0.4 is 10.5 Å². The van der Waals surface area contributed by atoms with Crippen molar-refractivity contribution >= 4 is 32.4 Å². The Kier molecular flexibility index (Phi) is 3.61. The van der Waals surface area contributed by atoms with Crippen molar-refractivity contribution in [2.24, 2.45) is 0 Å². The van der Waals surface area contributed by atoms with Gasteiger partial charge < -0.3 is 10.5 Å². The molecule has 0 heterocycles. The Morgan fingerprint density at radius 1 is 0.900 bits per heavy atom. The molecule has 0 unspecified atom stereocenters. The smallest absolute Gasteiger partial charge is 0.136 e. The van der Waals surface area contributed by atoms with Crippen molar-refractivity contribution in [2.75, 3.05) is 5.73 Å². The number of anilines is 1. The van der Waals surface area contributed by atoms with Gasteiger partial charge in [-0.05, 0) is 44.4 Å². The van der Waals surface area contributed by atoms with Gasteiger partial charge in [0.05, 0.1) is 4.47 Å². The molecule has 0 bridgehead atoms. The van der Waals surface area contributed by atoms with Gasteiger partial charge in [-0.3, -0.25) is 0 Å². The van der Waals surface area contributed by atoms with Crippen LogP contribution in [0.1, 0.15) is 5.56 Å². The molecular weight excluding hydrogens is 314 g/mol. The second kappa shape index (κ2) is 5.55. The lowest BCUT2D eigenvalue weighted by atomic mass is 10.1. The topological polar surface area (TPSA) is 35.2 Å². The Labute approximate surface area is 126 Å². The Balaban J connectivity index is 1.89. The van der Waals surface area contributed by atoms with Gasteiger partial charge in [-0.1, -0.05) is 48.5 Å². The van der Waals surface area contributed by atoms with Gasteiger partial charge in [0.25, 0.3) is 0 Å². The molecule has 0 aliphatic carbocycles.